The van der Waals surface area contributed by atoms with Crippen LogP contribution in [0.2, 0.25) is 0 Å². The van der Waals surface area contributed by atoms with Crippen molar-refractivity contribution in [1.82, 2.24) is 0 Å². The molecule has 0 saturated carbocycles. The van der Waals surface area contributed by atoms with Crippen LogP contribution in [0.1, 0.15) is 27.7 Å². The van der Waals surface area contributed by atoms with E-state index in [2.05, 4.69) is 0 Å². The summed E-state index contributed by atoms with van der Waals surface area (Å²) in [5.74, 6) is 0. The van der Waals surface area contributed by atoms with E-state index < -0.39 is 0 Å². The fourth-order valence-electron chi connectivity index (χ4n) is 0. The molecule has 0 aliphatic carbocycles. The van der Waals surface area contributed by atoms with Crippen LogP contribution >= 0.6 is 0 Å². The molecule has 0 N–H and O–H groups in total. The van der Waals surface area contributed by atoms with Gasteiger partial charge in [0.2, 0.25) is 0 Å². The van der Waals surface area contributed by atoms with Crippen LogP contribution in [-0.2, 0) is 390 Å². The minimum Gasteiger partial charge on any atom is -0.335 e. The molecule has 27 heavy (non-hydrogen) atoms. The third-order valence-electron chi connectivity index (χ3n) is 0. The van der Waals surface area contributed by atoms with Crippen LogP contribution in [0, 0.1) is 12.8 Å². The van der Waals surface area contributed by atoms with Crippen LogP contribution in [0.5, 0.6) is 0 Å². The van der Waals surface area contributed by atoms with Gasteiger partial charge >= 0.3 is 0 Å². The molecule has 0 saturated heterocycles. The summed E-state index contributed by atoms with van der Waals surface area (Å²) in [7, 11) is 0. The molecule has 0 aliphatic rings. The minimum atomic E-state index is 0. The molecule has 0 atom stereocenters. The van der Waals surface area contributed by atoms with Gasteiger partial charge in [-0.25, -0.2) is 0 Å². The molecule has 0 fully saturated rings. The number of rotatable bonds is 0. The molecule has 0 amide bonds. The Kier molecular flexibility index (Phi) is 2100. The smallest absolute Gasteiger partial charge is 0 e. The van der Waals surface area contributed by atoms with Crippen molar-refractivity contribution in [3.8, 4) is 0 Å². The predicted molar refractivity (Wildman–Crippen MR) is 31.3 cm³/mol. The second-order valence-corrected chi connectivity index (χ2v) is 1.15. The summed E-state index contributed by atoms with van der Waals surface area (Å²) in [6.45, 7) is 8.00. The standard InChI is InChI=1S/2C3H7.21V/c2*1-3-2;;;;;;;;;;;;;;;;;;;;;/h2*3H,1-2H3;;;;;;;;;;;;;;;;;;;;;/q2*-1;;;;;;;;;;;;;;;;;;;;;. The maximum absolute atomic E-state index is 2.00. The minimum absolute atomic E-state index is 0. The Labute approximate surface area is 420 Å². The first-order chi connectivity index (χ1) is 2.83. The molecule has 0 heterocycles. The van der Waals surface area contributed by atoms with Gasteiger partial charge in [0.15, 0.2) is 0 Å². The summed E-state index contributed by atoms with van der Waals surface area (Å²) in [4.78, 5) is 0. The average molecular weight is 1160 g/mol. The largest absolute Gasteiger partial charge is 0.335 e. The molecule has 0 rings (SSSR count). The third-order valence-corrected chi connectivity index (χ3v) is 0. The van der Waals surface area contributed by atoms with Crippen molar-refractivity contribution in [3.63, 3.8) is 0 Å². The van der Waals surface area contributed by atoms with Gasteiger partial charge in [0.25, 0.3) is 0 Å². The molecule has 0 spiro atoms. The number of hydrogen-bond acceptors (Lipinski definition) is 0. The van der Waals surface area contributed by atoms with Crippen LogP contribution in [0.15, 0.2) is 0 Å². The normalized spacial score (nSPS) is 1.33. The summed E-state index contributed by atoms with van der Waals surface area (Å²) >= 11 is 0. The summed E-state index contributed by atoms with van der Waals surface area (Å²) in [5.41, 5.74) is 0. The van der Waals surface area contributed by atoms with Crippen LogP contribution < -0.4 is 0 Å². The van der Waals surface area contributed by atoms with Crippen molar-refractivity contribution in [1.29, 1.82) is 0 Å². The van der Waals surface area contributed by atoms with Gasteiger partial charge in [-0.3, -0.25) is 0 Å². The predicted octanol–water partition coefficient (Wildman–Crippen LogP) is 2.41. The second kappa shape index (κ2) is 261. The van der Waals surface area contributed by atoms with Crippen LogP contribution in [0.4, 0.5) is 0 Å². The van der Waals surface area contributed by atoms with Gasteiger partial charge in [0, 0.05) is 390 Å². The molecule has 0 aromatic carbocycles. The first kappa shape index (κ1) is 217. The first-order valence-corrected chi connectivity index (χ1v) is 2.31. The van der Waals surface area contributed by atoms with Gasteiger partial charge in [-0.15, -0.1) is 0 Å². The van der Waals surface area contributed by atoms with E-state index in [9.17, 15) is 0 Å². The molecule has 0 nitrogen and oxygen atoms in total. The van der Waals surface area contributed by atoms with Crippen LogP contribution in [-0.4, -0.2) is 0 Å². The Morgan fingerprint density at radius 1 is 0.185 bits per heavy atom. The molecule has 0 aromatic rings. The molecule has 21 radical (unpaired) electrons. The maximum Gasteiger partial charge on any atom is 0 e. The zero-order valence-corrected chi connectivity index (χ0v) is 43.9. The van der Waals surface area contributed by atoms with Crippen molar-refractivity contribution in [2.24, 2.45) is 0 Å². The fourth-order valence-corrected chi connectivity index (χ4v) is 0. The molecule has 0 aromatic heterocycles. The summed E-state index contributed by atoms with van der Waals surface area (Å²) in [6.07, 6.45) is 4.00. The summed E-state index contributed by atoms with van der Waals surface area (Å²) in [5, 5.41) is 0. The Hall–Kier alpha value is 12.3. The van der Waals surface area contributed by atoms with Crippen molar-refractivity contribution in [3.05, 3.63) is 12.8 Å². The summed E-state index contributed by atoms with van der Waals surface area (Å²) in [6, 6.07) is 0. The van der Waals surface area contributed by atoms with E-state index in [4.69, 9.17) is 0 Å². The quantitative estimate of drug-likeness (QED) is 0.328. The fraction of sp³-hybridized carbons (Fsp3) is 0.667. The van der Waals surface area contributed by atoms with Crippen LogP contribution in [0.3, 0.4) is 0 Å². The molecule has 145 valence electrons. The van der Waals surface area contributed by atoms with E-state index in [-0.39, 0.29) is 390 Å². The van der Waals surface area contributed by atoms with Crippen molar-refractivity contribution in [2.75, 3.05) is 0 Å². The SMILES string of the molecule is C[CH-]C.C[CH-]C.[V].[V].[V].[V].[V].[V].[V].[V].[V].[V].[V].[V].[V].[V].[V].[V].[V].[V].[V].[V].[V]. The van der Waals surface area contributed by atoms with E-state index in [0.29, 0.717) is 0 Å². The zero-order valence-electron chi connectivity index (χ0n) is 14.5. The van der Waals surface area contributed by atoms with Crippen molar-refractivity contribution >= 4 is 0 Å². The van der Waals surface area contributed by atoms with E-state index in [0.717, 1.165) is 0 Å². The molecule has 21 heteroatoms. The zero-order chi connectivity index (χ0) is 5.41. The molecule has 0 aliphatic heterocycles. The Bertz CT molecular complexity index is 22.6. The third kappa shape index (κ3) is 334. The molecular weight excluding hydrogens is 1140 g/mol. The van der Waals surface area contributed by atoms with Crippen molar-refractivity contribution < 1.29 is 390 Å². The first-order valence-electron chi connectivity index (χ1n) is 2.31. The Morgan fingerprint density at radius 2 is 0.185 bits per heavy atom. The van der Waals surface area contributed by atoms with E-state index in [1.807, 2.05) is 40.5 Å². The molecule has 0 unspecified atom stereocenters. The van der Waals surface area contributed by atoms with Gasteiger partial charge in [-0.1, -0.05) is 0 Å². The second-order valence-electron chi connectivity index (χ2n) is 1.15. The van der Waals surface area contributed by atoms with Gasteiger partial charge in [-0.05, 0) is 0 Å². The summed E-state index contributed by atoms with van der Waals surface area (Å²) < 4.78 is 0. The van der Waals surface area contributed by atoms with Gasteiger partial charge in [-0.2, -0.15) is 27.7 Å². The van der Waals surface area contributed by atoms with Gasteiger partial charge < -0.3 is 12.8 Å². The average Bonchev–Trinajstić information content (AvgIpc) is 1.39. The van der Waals surface area contributed by atoms with Crippen molar-refractivity contribution in [2.45, 2.75) is 27.7 Å². The van der Waals surface area contributed by atoms with E-state index in [1.54, 1.807) is 0 Å². The number of hydrogen-bond donors (Lipinski definition) is 0. The Balaban J connectivity index is -0.000000000317. The van der Waals surface area contributed by atoms with E-state index >= 15 is 0 Å². The molecular formula is C6H14V21-2. The van der Waals surface area contributed by atoms with Gasteiger partial charge in [0.1, 0.15) is 0 Å². The van der Waals surface area contributed by atoms with Crippen LogP contribution in [0.25, 0.3) is 0 Å². The molecule has 0 bridgehead atoms. The maximum atomic E-state index is 2.00. The monoisotopic (exact) mass is 1160 g/mol. The topological polar surface area (TPSA) is 0 Å². The Morgan fingerprint density at radius 3 is 0.185 bits per heavy atom. The van der Waals surface area contributed by atoms with E-state index in [1.165, 1.54) is 0 Å². The van der Waals surface area contributed by atoms with Gasteiger partial charge in [0.05, 0.1) is 0 Å².